The van der Waals surface area contributed by atoms with Crippen molar-refractivity contribution in [1.29, 1.82) is 0 Å². The first-order valence-corrected chi connectivity index (χ1v) is 6.47. The summed E-state index contributed by atoms with van der Waals surface area (Å²) in [7, 11) is 0. The number of hydrogen-bond donors (Lipinski definition) is 1. The molecule has 1 aromatic heterocycles. The minimum atomic E-state index is -2.62. The van der Waals surface area contributed by atoms with Gasteiger partial charge in [-0.3, -0.25) is 0 Å². The lowest BCUT2D eigenvalue weighted by molar-refractivity contribution is -0.110. The van der Waals surface area contributed by atoms with Crippen molar-refractivity contribution in [2.45, 2.75) is 31.7 Å². The first-order chi connectivity index (χ1) is 9.35. The minimum Gasteiger partial charge on any atom is -0.398 e. The Hall–Kier alpha value is -1.76. The van der Waals surface area contributed by atoms with Gasteiger partial charge in [0, 0.05) is 24.1 Å². The molecule has 0 amide bonds. The molecule has 1 aliphatic rings. The normalized spacial score (nSPS) is 18.0. The topological polar surface area (TPSA) is 69.6 Å². The summed E-state index contributed by atoms with van der Waals surface area (Å²) in [4.78, 5) is 1.22. The number of rotatable bonds is 2. The maximum Gasteiger partial charge on any atom is 0.252 e. The first kappa shape index (κ1) is 13.2. The van der Waals surface area contributed by atoms with E-state index in [9.17, 15) is 8.78 Å². The molecule has 1 aromatic carbocycles. The van der Waals surface area contributed by atoms with Gasteiger partial charge in [-0.25, -0.2) is 8.78 Å². The van der Waals surface area contributed by atoms with E-state index in [1.165, 1.54) is 4.80 Å². The Labute approximate surface area is 118 Å². The number of benzene rings is 1. The van der Waals surface area contributed by atoms with Crippen molar-refractivity contribution in [1.82, 2.24) is 20.2 Å². The molecule has 106 valence electrons. The molecule has 0 spiro atoms. The molecule has 1 heterocycles. The molecule has 0 radical (unpaired) electrons. The second-order valence-corrected chi connectivity index (χ2v) is 5.45. The van der Waals surface area contributed by atoms with Gasteiger partial charge in [-0.15, -0.1) is 10.2 Å². The number of tetrazole rings is 1. The SMILES string of the molecule is Cc1cc(Cl)c(-c2nnn(C3CC(F)(F)C3)n2)cc1N. The van der Waals surface area contributed by atoms with Crippen molar-refractivity contribution in [2.75, 3.05) is 5.73 Å². The number of anilines is 1. The molecule has 1 aliphatic carbocycles. The highest BCUT2D eigenvalue weighted by molar-refractivity contribution is 6.33. The lowest BCUT2D eigenvalue weighted by Gasteiger charge is -2.33. The quantitative estimate of drug-likeness (QED) is 0.866. The van der Waals surface area contributed by atoms with Crippen LogP contribution in [0.5, 0.6) is 0 Å². The number of nitrogens with two attached hydrogens (primary N) is 1. The molecule has 0 unspecified atom stereocenters. The number of nitrogen functional groups attached to an aromatic ring is 1. The van der Waals surface area contributed by atoms with E-state index in [4.69, 9.17) is 17.3 Å². The fraction of sp³-hybridized carbons (Fsp3) is 0.417. The van der Waals surface area contributed by atoms with Crippen molar-refractivity contribution >= 4 is 17.3 Å². The highest BCUT2D eigenvalue weighted by atomic mass is 35.5. The van der Waals surface area contributed by atoms with Crippen LogP contribution >= 0.6 is 11.6 Å². The molecule has 5 nitrogen and oxygen atoms in total. The van der Waals surface area contributed by atoms with Gasteiger partial charge < -0.3 is 5.73 Å². The Morgan fingerprint density at radius 2 is 2.10 bits per heavy atom. The molecule has 2 aromatic rings. The number of aryl methyl sites for hydroxylation is 1. The molecule has 1 fully saturated rings. The Bertz CT molecular complexity index is 662. The molecule has 2 N–H and O–H groups in total. The summed E-state index contributed by atoms with van der Waals surface area (Å²) in [6.45, 7) is 1.84. The van der Waals surface area contributed by atoms with Crippen molar-refractivity contribution in [2.24, 2.45) is 0 Å². The van der Waals surface area contributed by atoms with Gasteiger partial charge in [-0.2, -0.15) is 4.80 Å². The zero-order chi connectivity index (χ0) is 14.5. The zero-order valence-corrected chi connectivity index (χ0v) is 11.4. The molecular weight excluding hydrogens is 288 g/mol. The minimum absolute atomic E-state index is 0.257. The molecule has 0 aliphatic heterocycles. The Morgan fingerprint density at radius 1 is 1.40 bits per heavy atom. The van der Waals surface area contributed by atoms with Crippen LogP contribution in [0.15, 0.2) is 12.1 Å². The monoisotopic (exact) mass is 299 g/mol. The summed E-state index contributed by atoms with van der Waals surface area (Å²) in [5, 5.41) is 12.3. The first-order valence-electron chi connectivity index (χ1n) is 6.09. The zero-order valence-electron chi connectivity index (χ0n) is 10.6. The van der Waals surface area contributed by atoms with E-state index < -0.39 is 12.0 Å². The van der Waals surface area contributed by atoms with Crippen LogP contribution in [0.1, 0.15) is 24.4 Å². The van der Waals surface area contributed by atoms with Gasteiger partial charge >= 0.3 is 0 Å². The molecule has 1 saturated carbocycles. The summed E-state index contributed by atoms with van der Waals surface area (Å²) in [5.74, 6) is -2.33. The van der Waals surface area contributed by atoms with Gasteiger partial charge in [-0.1, -0.05) is 11.6 Å². The van der Waals surface area contributed by atoms with E-state index in [1.54, 1.807) is 12.1 Å². The summed E-state index contributed by atoms with van der Waals surface area (Å²) in [6, 6.07) is 2.96. The Balaban J connectivity index is 1.89. The number of alkyl halides is 2. The van der Waals surface area contributed by atoms with Crippen molar-refractivity contribution in [3.63, 3.8) is 0 Å². The lowest BCUT2D eigenvalue weighted by atomic mass is 9.89. The van der Waals surface area contributed by atoms with E-state index in [1.807, 2.05) is 6.92 Å². The standard InChI is InChI=1S/C12H12ClF2N5/c1-6-2-9(13)8(3-10(6)16)11-17-19-20(18-11)7-4-12(14,15)5-7/h2-3,7H,4-5,16H2,1H3. The van der Waals surface area contributed by atoms with Crippen LogP contribution < -0.4 is 5.73 Å². The number of hydrogen-bond acceptors (Lipinski definition) is 4. The van der Waals surface area contributed by atoms with Crippen LogP contribution in [0.2, 0.25) is 5.02 Å². The van der Waals surface area contributed by atoms with E-state index in [-0.39, 0.29) is 18.7 Å². The van der Waals surface area contributed by atoms with Crippen molar-refractivity contribution < 1.29 is 8.78 Å². The number of nitrogens with zero attached hydrogens (tertiary/aromatic N) is 4. The number of halogens is 3. The summed E-state index contributed by atoms with van der Waals surface area (Å²) >= 11 is 6.13. The predicted molar refractivity (Wildman–Crippen MR) is 70.6 cm³/mol. The van der Waals surface area contributed by atoms with Gasteiger partial charge in [0.25, 0.3) is 5.92 Å². The average molecular weight is 300 g/mol. The lowest BCUT2D eigenvalue weighted by Crippen LogP contribution is -2.38. The smallest absolute Gasteiger partial charge is 0.252 e. The maximum atomic E-state index is 12.8. The van der Waals surface area contributed by atoms with Crippen LogP contribution in [-0.4, -0.2) is 26.1 Å². The van der Waals surface area contributed by atoms with Crippen LogP contribution in [0.3, 0.4) is 0 Å². The van der Waals surface area contributed by atoms with Gasteiger partial charge in [0.15, 0.2) is 0 Å². The Kier molecular flexibility index (Phi) is 2.89. The molecule has 0 saturated heterocycles. The van der Waals surface area contributed by atoms with Crippen LogP contribution in [0.4, 0.5) is 14.5 Å². The van der Waals surface area contributed by atoms with E-state index in [0.717, 1.165) is 5.56 Å². The van der Waals surface area contributed by atoms with E-state index in [2.05, 4.69) is 15.4 Å². The fourth-order valence-electron chi connectivity index (χ4n) is 2.14. The third-order valence-electron chi connectivity index (χ3n) is 3.42. The van der Waals surface area contributed by atoms with E-state index >= 15 is 0 Å². The van der Waals surface area contributed by atoms with Crippen LogP contribution in [0, 0.1) is 6.92 Å². The third kappa shape index (κ3) is 2.22. The summed E-state index contributed by atoms with van der Waals surface area (Å²) in [6.07, 6.45) is -0.515. The molecular formula is C12H12ClF2N5. The molecule has 0 atom stereocenters. The second-order valence-electron chi connectivity index (χ2n) is 5.04. The van der Waals surface area contributed by atoms with Crippen LogP contribution in [0.25, 0.3) is 11.4 Å². The van der Waals surface area contributed by atoms with Crippen LogP contribution in [-0.2, 0) is 0 Å². The summed E-state index contributed by atoms with van der Waals surface area (Å²) < 4.78 is 25.7. The molecule has 0 bridgehead atoms. The Morgan fingerprint density at radius 3 is 2.75 bits per heavy atom. The molecule has 3 rings (SSSR count). The van der Waals surface area contributed by atoms with Gasteiger partial charge in [-0.05, 0) is 29.8 Å². The highest BCUT2D eigenvalue weighted by Crippen LogP contribution is 2.44. The van der Waals surface area contributed by atoms with Crippen molar-refractivity contribution in [3.05, 3.63) is 22.7 Å². The summed E-state index contributed by atoms with van der Waals surface area (Å²) in [5.41, 5.74) is 7.79. The number of aromatic nitrogens is 4. The maximum absolute atomic E-state index is 12.8. The average Bonchev–Trinajstić information content (AvgIpc) is 2.79. The fourth-order valence-corrected chi connectivity index (χ4v) is 2.44. The largest absolute Gasteiger partial charge is 0.398 e. The van der Waals surface area contributed by atoms with E-state index in [0.29, 0.717) is 16.3 Å². The molecule has 8 heteroatoms. The van der Waals surface area contributed by atoms with Crippen molar-refractivity contribution in [3.8, 4) is 11.4 Å². The molecule has 20 heavy (non-hydrogen) atoms. The predicted octanol–water partition coefficient (Wildman–Crippen LogP) is 2.85. The highest BCUT2D eigenvalue weighted by Gasteiger charge is 2.47. The second kappa shape index (κ2) is 4.37. The van der Waals surface area contributed by atoms with Gasteiger partial charge in [0.2, 0.25) is 5.82 Å². The van der Waals surface area contributed by atoms with Gasteiger partial charge in [0.05, 0.1) is 11.1 Å². The van der Waals surface area contributed by atoms with Gasteiger partial charge in [0.1, 0.15) is 0 Å². The third-order valence-corrected chi connectivity index (χ3v) is 3.73.